The van der Waals surface area contributed by atoms with E-state index in [2.05, 4.69) is 6.58 Å². The number of piperidine rings is 1. The van der Waals surface area contributed by atoms with Crippen LogP contribution in [0.3, 0.4) is 0 Å². The first-order chi connectivity index (χ1) is 12.5. The molecule has 26 heavy (non-hydrogen) atoms. The first-order valence-electron chi connectivity index (χ1n) is 9.28. The molecule has 1 aromatic carbocycles. The van der Waals surface area contributed by atoms with Crippen LogP contribution in [0.4, 0.5) is 4.79 Å². The molecule has 0 aromatic heterocycles. The van der Waals surface area contributed by atoms with Crippen molar-refractivity contribution in [2.45, 2.75) is 39.7 Å². The number of nitrogens with zero attached hydrogens (tertiary/aromatic N) is 1. The lowest BCUT2D eigenvalue weighted by Gasteiger charge is -2.34. The number of likely N-dealkylation sites (tertiary alicyclic amines) is 1. The lowest BCUT2D eigenvalue weighted by molar-refractivity contribution is -0.150. The number of rotatable bonds is 7. The van der Waals surface area contributed by atoms with Gasteiger partial charge in [-0.05, 0) is 44.6 Å². The summed E-state index contributed by atoms with van der Waals surface area (Å²) in [5, 5.41) is 0. The fraction of sp³-hybridized carbons (Fsp3) is 0.524. The van der Waals surface area contributed by atoms with Crippen LogP contribution < -0.4 is 0 Å². The number of carbonyl (C=O) groups excluding carboxylic acids is 2. The quantitative estimate of drug-likeness (QED) is 0.541. The zero-order valence-corrected chi connectivity index (χ0v) is 15.8. The molecule has 5 nitrogen and oxygen atoms in total. The molecule has 2 rings (SSSR count). The second-order valence-electron chi connectivity index (χ2n) is 6.88. The van der Waals surface area contributed by atoms with Crippen molar-refractivity contribution in [3.05, 3.63) is 48.0 Å². The molecule has 1 fully saturated rings. The van der Waals surface area contributed by atoms with Crippen LogP contribution in [-0.4, -0.2) is 36.7 Å². The Hall–Kier alpha value is -2.30. The average Bonchev–Trinajstić information content (AvgIpc) is 2.65. The Morgan fingerprint density at radius 3 is 2.42 bits per heavy atom. The SMILES string of the molecule is C=C(C)CC(C(=O)OCC)C1CCN(C(=O)OCc2ccccc2)CC1. The van der Waals surface area contributed by atoms with Crippen LogP contribution in [0.1, 0.15) is 38.7 Å². The molecule has 1 aliphatic heterocycles. The van der Waals surface area contributed by atoms with Crippen LogP contribution >= 0.6 is 0 Å². The van der Waals surface area contributed by atoms with Crippen molar-refractivity contribution in [2.24, 2.45) is 11.8 Å². The minimum Gasteiger partial charge on any atom is -0.466 e. The number of amides is 1. The number of hydrogen-bond acceptors (Lipinski definition) is 4. The predicted molar refractivity (Wildman–Crippen MR) is 100 cm³/mol. The number of allylic oxidation sites excluding steroid dienone is 1. The molecule has 0 radical (unpaired) electrons. The van der Waals surface area contributed by atoms with Crippen LogP contribution in [0.25, 0.3) is 0 Å². The van der Waals surface area contributed by atoms with E-state index in [0.717, 1.165) is 24.0 Å². The molecule has 0 aliphatic carbocycles. The third-order valence-corrected chi connectivity index (χ3v) is 4.73. The maximum absolute atomic E-state index is 12.3. The number of ether oxygens (including phenoxy) is 2. The first-order valence-corrected chi connectivity index (χ1v) is 9.28. The number of benzene rings is 1. The Bertz CT molecular complexity index is 606. The highest BCUT2D eigenvalue weighted by Gasteiger charge is 2.33. The van der Waals surface area contributed by atoms with E-state index < -0.39 is 0 Å². The molecular weight excluding hydrogens is 330 g/mol. The molecule has 1 amide bonds. The van der Waals surface area contributed by atoms with Gasteiger partial charge in [0.1, 0.15) is 6.61 Å². The minimum absolute atomic E-state index is 0.152. The van der Waals surface area contributed by atoms with Crippen LogP contribution in [0.2, 0.25) is 0 Å². The van der Waals surface area contributed by atoms with Crippen molar-refractivity contribution >= 4 is 12.1 Å². The summed E-state index contributed by atoms with van der Waals surface area (Å²) in [4.78, 5) is 26.3. The van der Waals surface area contributed by atoms with Gasteiger partial charge in [-0.15, -0.1) is 6.58 Å². The van der Waals surface area contributed by atoms with E-state index in [1.165, 1.54) is 0 Å². The monoisotopic (exact) mass is 359 g/mol. The van der Waals surface area contributed by atoms with Crippen molar-refractivity contribution in [3.63, 3.8) is 0 Å². The fourth-order valence-electron chi connectivity index (χ4n) is 3.36. The summed E-state index contributed by atoms with van der Waals surface area (Å²) in [5.74, 6) is -0.112. The second-order valence-corrected chi connectivity index (χ2v) is 6.88. The van der Waals surface area contributed by atoms with Gasteiger partial charge in [0.05, 0.1) is 12.5 Å². The van der Waals surface area contributed by atoms with Crippen LogP contribution in [0.15, 0.2) is 42.5 Å². The Balaban J connectivity index is 1.84. The van der Waals surface area contributed by atoms with E-state index in [4.69, 9.17) is 9.47 Å². The highest BCUT2D eigenvalue weighted by Crippen LogP contribution is 2.30. The van der Waals surface area contributed by atoms with Crippen molar-refractivity contribution in [1.82, 2.24) is 4.90 Å². The normalized spacial score (nSPS) is 16.0. The largest absolute Gasteiger partial charge is 0.466 e. The van der Waals surface area contributed by atoms with E-state index >= 15 is 0 Å². The Labute approximate surface area is 156 Å². The topological polar surface area (TPSA) is 55.8 Å². The van der Waals surface area contributed by atoms with Crippen LogP contribution in [-0.2, 0) is 20.9 Å². The second kappa shape index (κ2) is 10.00. The Morgan fingerprint density at radius 1 is 1.19 bits per heavy atom. The maximum Gasteiger partial charge on any atom is 0.410 e. The zero-order chi connectivity index (χ0) is 18.9. The van der Waals surface area contributed by atoms with Gasteiger partial charge < -0.3 is 14.4 Å². The third-order valence-electron chi connectivity index (χ3n) is 4.73. The molecule has 142 valence electrons. The summed E-state index contributed by atoms with van der Waals surface area (Å²) in [7, 11) is 0. The van der Waals surface area contributed by atoms with Gasteiger partial charge >= 0.3 is 12.1 Å². The van der Waals surface area contributed by atoms with E-state index in [-0.39, 0.29) is 30.5 Å². The Kier molecular flexibility index (Phi) is 7.70. The van der Waals surface area contributed by atoms with E-state index in [1.807, 2.05) is 44.2 Å². The standard InChI is InChI=1S/C21H29NO4/c1-4-25-20(23)19(14-16(2)3)18-10-12-22(13-11-18)21(24)26-15-17-8-6-5-7-9-17/h5-9,18-19H,2,4,10-15H2,1,3H3. The number of esters is 1. The molecular formula is C21H29NO4. The van der Waals surface area contributed by atoms with E-state index in [0.29, 0.717) is 26.1 Å². The summed E-state index contributed by atoms with van der Waals surface area (Å²) in [6, 6.07) is 9.64. The molecule has 1 saturated heterocycles. The average molecular weight is 359 g/mol. The van der Waals surface area contributed by atoms with Crippen LogP contribution in [0, 0.1) is 11.8 Å². The lowest BCUT2D eigenvalue weighted by Crippen LogP contribution is -2.41. The van der Waals surface area contributed by atoms with E-state index in [1.54, 1.807) is 4.90 Å². The van der Waals surface area contributed by atoms with Gasteiger partial charge in [-0.1, -0.05) is 35.9 Å². The highest BCUT2D eigenvalue weighted by molar-refractivity contribution is 5.73. The smallest absolute Gasteiger partial charge is 0.410 e. The molecule has 1 unspecified atom stereocenters. The maximum atomic E-state index is 12.3. The molecule has 1 aromatic rings. The summed E-state index contributed by atoms with van der Waals surface area (Å²) in [6.07, 6.45) is 1.90. The van der Waals surface area contributed by atoms with Gasteiger partial charge in [0.15, 0.2) is 0 Å². The lowest BCUT2D eigenvalue weighted by atomic mass is 9.81. The van der Waals surface area contributed by atoms with Crippen molar-refractivity contribution in [3.8, 4) is 0 Å². The summed E-state index contributed by atoms with van der Waals surface area (Å²) >= 11 is 0. The van der Waals surface area contributed by atoms with Crippen molar-refractivity contribution < 1.29 is 19.1 Å². The fourth-order valence-corrected chi connectivity index (χ4v) is 3.36. The molecule has 1 aliphatic rings. The van der Waals surface area contributed by atoms with Crippen molar-refractivity contribution in [2.75, 3.05) is 19.7 Å². The van der Waals surface area contributed by atoms with Gasteiger partial charge in [0, 0.05) is 13.1 Å². The summed E-state index contributed by atoms with van der Waals surface area (Å²) < 4.78 is 10.6. The highest BCUT2D eigenvalue weighted by atomic mass is 16.6. The predicted octanol–water partition coefficient (Wildman–Crippen LogP) is 4.18. The molecule has 1 atom stereocenters. The Morgan fingerprint density at radius 2 is 1.85 bits per heavy atom. The summed E-state index contributed by atoms with van der Waals surface area (Å²) in [6.45, 7) is 9.56. The van der Waals surface area contributed by atoms with Gasteiger partial charge in [0.2, 0.25) is 0 Å². The van der Waals surface area contributed by atoms with Gasteiger partial charge in [-0.25, -0.2) is 4.79 Å². The molecule has 0 saturated carbocycles. The molecule has 0 bridgehead atoms. The van der Waals surface area contributed by atoms with E-state index in [9.17, 15) is 9.59 Å². The van der Waals surface area contributed by atoms with Crippen LogP contribution in [0.5, 0.6) is 0 Å². The zero-order valence-electron chi connectivity index (χ0n) is 15.8. The molecule has 0 spiro atoms. The molecule has 0 N–H and O–H groups in total. The third kappa shape index (κ3) is 5.90. The summed E-state index contributed by atoms with van der Waals surface area (Å²) in [5.41, 5.74) is 1.95. The molecule has 5 heteroatoms. The number of hydrogen-bond donors (Lipinski definition) is 0. The minimum atomic E-state index is -0.292. The van der Waals surface area contributed by atoms with Gasteiger partial charge in [0.25, 0.3) is 0 Å². The van der Waals surface area contributed by atoms with Gasteiger partial charge in [-0.3, -0.25) is 4.79 Å². The molecule has 1 heterocycles. The number of carbonyl (C=O) groups is 2. The first kappa shape index (κ1) is 20.0. The van der Waals surface area contributed by atoms with Gasteiger partial charge in [-0.2, -0.15) is 0 Å². The van der Waals surface area contributed by atoms with Crippen molar-refractivity contribution in [1.29, 1.82) is 0 Å².